The molecule has 3 amide bonds. The highest BCUT2D eigenvalue weighted by Crippen LogP contribution is 2.19. The van der Waals surface area contributed by atoms with Crippen LogP contribution in [0.15, 0.2) is 65.7 Å². The zero-order chi connectivity index (χ0) is 20.8. The molecule has 3 rings (SSSR count). The molecule has 29 heavy (non-hydrogen) atoms. The van der Waals surface area contributed by atoms with E-state index in [2.05, 4.69) is 21.5 Å². The first kappa shape index (κ1) is 19.8. The van der Waals surface area contributed by atoms with Crippen LogP contribution in [0.1, 0.15) is 21.5 Å². The third kappa shape index (κ3) is 4.66. The van der Waals surface area contributed by atoms with Gasteiger partial charge in [0.1, 0.15) is 5.92 Å². The van der Waals surface area contributed by atoms with Gasteiger partial charge in [-0.2, -0.15) is 0 Å². The van der Waals surface area contributed by atoms with Gasteiger partial charge >= 0.3 is 0 Å². The number of hydrogen-bond acceptors (Lipinski definition) is 3. The number of para-hydroxylation sites is 1. The average Bonchev–Trinajstić information content (AvgIpc) is 2.72. The van der Waals surface area contributed by atoms with Crippen LogP contribution in [-0.2, 0) is 9.59 Å². The van der Waals surface area contributed by atoms with E-state index in [0.29, 0.717) is 11.4 Å². The van der Waals surface area contributed by atoms with Gasteiger partial charge in [-0.25, -0.2) is 4.99 Å². The molecule has 0 aromatic heterocycles. The topological polar surface area (TPSA) is 87.6 Å². The summed E-state index contributed by atoms with van der Waals surface area (Å²) in [5.41, 5.74) is 2.92. The predicted molar refractivity (Wildman–Crippen MR) is 112 cm³/mol. The molecule has 1 aliphatic rings. The van der Waals surface area contributed by atoms with Gasteiger partial charge in [-0.05, 0) is 31.2 Å². The molecule has 144 valence electrons. The summed E-state index contributed by atoms with van der Waals surface area (Å²) in [5.74, 6) is -0.277. The molecular weight excluding hydrogens is 366 g/mol. The molecule has 0 radical (unpaired) electrons. The predicted octanol–water partition coefficient (Wildman–Crippen LogP) is 2.50. The molecular formula is C23H19N3O3. The molecule has 2 aromatic rings. The van der Waals surface area contributed by atoms with Gasteiger partial charge in [0.2, 0.25) is 5.91 Å². The third-order valence-electron chi connectivity index (χ3n) is 4.32. The minimum Gasteiger partial charge on any atom is -0.341 e. The van der Waals surface area contributed by atoms with E-state index in [0.717, 1.165) is 11.1 Å². The van der Waals surface area contributed by atoms with Crippen molar-refractivity contribution >= 4 is 29.1 Å². The van der Waals surface area contributed by atoms with Crippen LogP contribution in [0.5, 0.6) is 0 Å². The van der Waals surface area contributed by atoms with Crippen molar-refractivity contribution in [2.75, 3.05) is 11.9 Å². The van der Waals surface area contributed by atoms with Crippen LogP contribution in [0.2, 0.25) is 0 Å². The van der Waals surface area contributed by atoms with E-state index in [1.54, 1.807) is 30.3 Å². The second-order valence-electron chi connectivity index (χ2n) is 6.46. The van der Waals surface area contributed by atoms with Gasteiger partial charge in [0, 0.05) is 5.56 Å². The summed E-state index contributed by atoms with van der Waals surface area (Å²) in [4.78, 5) is 41.4. The fourth-order valence-electron chi connectivity index (χ4n) is 2.89. The molecule has 0 spiro atoms. The molecule has 0 saturated carbocycles. The van der Waals surface area contributed by atoms with Crippen LogP contribution in [0.25, 0.3) is 0 Å². The van der Waals surface area contributed by atoms with Crippen molar-refractivity contribution in [1.29, 1.82) is 0 Å². The normalized spacial score (nSPS) is 15.2. The Hall–Kier alpha value is -3.98. The number of nitrogens with one attached hydrogen (secondary N) is 2. The Morgan fingerprint density at radius 1 is 1.17 bits per heavy atom. The largest absolute Gasteiger partial charge is 0.341 e. The minimum atomic E-state index is -1.06. The number of terminal acetylenes is 1. The number of aliphatic imine (C=N–C) groups is 1. The lowest BCUT2D eigenvalue weighted by molar-refractivity contribution is -0.128. The van der Waals surface area contributed by atoms with Gasteiger partial charge in [-0.1, -0.05) is 47.9 Å². The Morgan fingerprint density at radius 3 is 2.69 bits per heavy atom. The Morgan fingerprint density at radius 2 is 1.97 bits per heavy atom. The fraction of sp³-hybridized carbons (Fsp3) is 0.130. The van der Waals surface area contributed by atoms with Crippen molar-refractivity contribution < 1.29 is 14.4 Å². The Labute approximate surface area is 168 Å². The number of hydrogen-bond donors (Lipinski definition) is 2. The van der Waals surface area contributed by atoms with E-state index in [1.807, 2.05) is 31.2 Å². The van der Waals surface area contributed by atoms with Crippen LogP contribution < -0.4 is 10.6 Å². The van der Waals surface area contributed by atoms with Crippen molar-refractivity contribution in [3.05, 3.63) is 77.4 Å². The van der Waals surface area contributed by atoms with E-state index >= 15 is 0 Å². The van der Waals surface area contributed by atoms with Crippen LogP contribution in [-0.4, -0.2) is 30.0 Å². The molecule has 1 aliphatic heterocycles. The number of allylic oxidation sites excluding steroid dienone is 1. The van der Waals surface area contributed by atoms with Crippen LogP contribution in [0.4, 0.5) is 5.69 Å². The second-order valence-corrected chi connectivity index (χ2v) is 6.46. The standard InChI is InChI=1S/C23H19N3O3/c1-3-13-24-21(27)17-9-4-5-10-20(17)26-23(29)18-11-12-19(25-22(18)28)16-8-6-7-15(2)14-16/h1,4-12,14,18H,13H2,2H3,(H,24,27)(H,26,29). The molecule has 2 N–H and O–H groups in total. The van der Waals surface area contributed by atoms with Crippen molar-refractivity contribution in [1.82, 2.24) is 5.32 Å². The highest BCUT2D eigenvalue weighted by Gasteiger charge is 2.28. The van der Waals surface area contributed by atoms with Crippen molar-refractivity contribution in [3.8, 4) is 12.3 Å². The van der Waals surface area contributed by atoms with Crippen molar-refractivity contribution in [2.45, 2.75) is 6.92 Å². The molecule has 0 bridgehead atoms. The van der Waals surface area contributed by atoms with Crippen molar-refractivity contribution in [3.63, 3.8) is 0 Å². The molecule has 1 unspecified atom stereocenters. The number of dihydropyridines is 1. The zero-order valence-electron chi connectivity index (χ0n) is 15.8. The first-order chi connectivity index (χ1) is 14.0. The Kier molecular flexibility index (Phi) is 6.00. The van der Waals surface area contributed by atoms with E-state index < -0.39 is 23.6 Å². The summed E-state index contributed by atoms with van der Waals surface area (Å²) in [7, 11) is 0. The first-order valence-electron chi connectivity index (χ1n) is 8.99. The molecule has 1 heterocycles. The highest BCUT2D eigenvalue weighted by molar-refractivity contribution is 6.20. The summed E-state index contributed by atoms with van der Waals surface area (Å²) in [6.07, 6.45) is 8.33. The zero-order valence-corrected chi connectivity index (χ0v) is 15.8. The summed E-state index contributed by atoms with van der Waals surface area (Å²) in [6.45, 7) is 2.02. The lowest BCUT2D eigenvalue weighted by Gasteiger charge is -2.16. The SMILES string of the molecule is C#CCNC(=O)c1ccccc1NC(=O)C1C=CC(c2cccc(C)c2)=NC1=O. The van der Waals surface area contributed by atoms with Gasteiger partial charge in [0.25, 0.3) is 11.8 Å². The van der Waals surface area contributed by atoms with E-state index in [-0.39, 0.29) is 12.1 Å². The van der Waals surface area contributed by atoms with Gasteiger partial charge in [-0.3, -0.25) is 14.4 Å². The highest BCUT2D eigenvalue weighted by atomic mass is 16.2. The monoisotopic (exact) mass is 385 g/mol. The second kappa shape index (κ2) is 8.81. The van der Waals surface area contributed by atoms with Gasteiger partial charge in [-0.15, -0.1) is 6.42 Å². The maximum absolute atomic E-state index is 12.6. The number of nitrogens with zero attached hydrogens (tertiary/aromatic N) is 1. The van der Waals surface area contributed by atoms with Crippen molar-refractivity contribution in [2.24, 2.45) is 10.9 Å². The summed E-state index contributed by atoms with van der Waals surface area (Å²) >= 11 is 0. The molecule has 0 saturated heterocycles. The maximum atomic E-state index is 12.6. The first-order valence-corrected chi connectivity index (χ1v) is 8.99. The smallest absolute Gasteiger partial charge is 0.262 e. The third-order valence-corrected chi connectivity index (χ3v) is 4.32. The number of rotatable bonds is 5. The number of anilines is 1. The summed E-state index contributed by atoms with van der Waals surface area (Å²) in [5, 5.41) is 5.19. The molecule has 0 fully saturated rings. The lowest BCUT2D eigenvalue weighted by Crippen LogP contribution is -2.31. The van der Waals surface area contributed by atoms with Gasteiger partial charge in [0.05, 0.1) is 23.5 Å². The van der Waals surface area contributed by atoms with E-state index in [4.69, 9.17) is 6.42 Å². The summed E-state index contributed by atoms with van der Waals surface area (Å²) < 4.78 is 0. The molecule has 2 aromatic carbocycles. The molecule has 6 heteroatoms. The Bertz CT molecular complexity index is 1080. The van der Waals surface area contributed by atoms with Gasteiger partial charge in [0.15, 0.2) is 0 Å². The van der Waals surface area contributed by atoms with E-state index in [1.165, 1.54) is 6.08 Å². The number of aryl methyl sites for hydroxylation is 1. The number of amides is 3. The number of benzene rings is 2. The number of carbonyl (C=O) groups excluding carboxylic acids is 3. The molecule has 1 atom stereocenters. The van der Waals surface area contributed by atoms with Crippen LogP contribution in [0, 0.1) is 25.2 Å². The average molecular weight is 385 g/mol. The summed E-state index contributed by atoms with van der Waals surface area (Å²) in [6, 6.07) is 14.1. The Balaban J connectivity index is 1.75. The fourth-order valence-corrected chi connectivity index (χ4v) is 2.89. The quantitative estimate of drug-likeness (QED) is 0.612. The van der Waals surface area contributed by atoms with Crippen LogP contribution in [0.3, 0.4) is 0 Å². The van der Waals surface area contributed by atoms with Gasteiger partial charge < -0.3 is 10.6 Å². The number of carbonyl (C=O) groups is 3. The van der Waals surface area contributed by atoms with Crippen LogP contribution >= 0.6 is 0 Å². The minimum absolute atomic E-state index is 0.0708. The van der Waals surface area contributed by atoms with E-state index in [9.17, 15) is 14.4 Å². The molecule has 0 aliphatic carbocycles. The lowest BCUT2D eigenvalue weighted by atomic mass is 9.99. The maximum Gasteiger partial charge on any atom is 0.262 e. The molecule has 6 nitrogen and oxygen atoms in total.